The highest BCUT2D eigenvalue weighted by Crippen LogP contribution is 2.40. The van der Waals surface area contributed by atoms with Crippen molar-refractivity contribution in [1.29, 1.82) is 0 Å². The average Bonchev–Trinajstić information content (AvgIpc) is 3.02. The first-order chi connectivity index (χ1) is 15.7. The number of carbonyl (C=O) groups is 1. The molecular weight excluding hydrogens is 589 g/mol. The summed E-state index contributed by atoms with van der Waals surface area (Å²) in [5.74, 6) is 0.0921. The fourth-order valence-electron chi connectivity index (χ4n) is 3.45. The average molecular weight is 607 g/mol. The Bertz CT molecular complexity index is 1290. The number of hydrogen-bond donors (Lipinski definition) is 0. The highest BCUT2D eigenvalue weighted by Gasteiger charge is 2.34. The number of halogens is 3. The molecule has 168 valence electrons. The third kappa shape index (κ3) is 5.24. The van der Waals surface area contributed by atoms with Crippen LogP contribution in [-0.2, 0) is 11.4 Å². The molecule has 0 unspecified atom stereocenters. The number of thiocarbonyl (C=S) groups is 1. The van der Waals surface area contributed by atoms with Gasteiger partial charge < -0.3 is 4.74 Å². The third-order valence-corrected chi connectivity index (χ3v) is 7.52. The molecular formula is C25H18Br2FNO2S2. The number of carbonyl (C=O) groups excluding carboxylic acids is 1. The Morgan fingerprint density at radius 1 is 1.09 bits per heavy atom. The van der Waals surface area contributed by atoms with Crippen molar-refractivity contribution >= 4 is 77.8 Å². The minimum Gasteiger partial charge on any atom is -0.486 e. The number of rotatable bonds is 5. The molecule has 1 aliphatic rings. The van der Waals surface area contributed by atoms with Gasteiger partial charge in [0.25, 0.3) is 5.91 Å². The number of thioether (sulfide) groups is 1. The predicted octanol–water partition coefficient (Wildman–Crippen LogP) is 7.95. The van der Waals surface area contributed by atoms with E-state index in [-0.39, 0.29) is 18.3 Å². The van der Waals surface area contributed by atoms with Crippen LogP contribution in [0.1, 0.15) is 22.3 Å². The lowest BCUT2D eigenvalue weighted by molar-refractivity contribution is -0.113. The van der Waals surface area contributed by atoms with E-state index in [1.165, 1.54) is 17.8 Å². The van der Waals surface area contributed by atoms with E-state index in [1.807, 2.05) is 44.2 Å². The lowest BCUT2D eigenvalue weighted by Gasteiger charge is -2.17. The van der Waals surface area contributed by atoms with Crippen molar-refractivity contribution < 1.29 is 13.9 Å². The molecule has 0 N–H and O–H groups in total. The maximum absolute atomic E-state index is 13.9. The Morgan fingerprint density at radius 2 is 1.79 bits per heavy atom. The van der Waals surface area contributed by atoms with Crippen LogP contribution in [0, 0.1) is 19.7 Å². The monoisotopic (exact) mass is 605 g/mol. The second-order valence-corrected chi connectivity index (χ2v) is 10.9. The molecule has 0 radical (unpaired) electrons. The molecule has 0 aliphatic carbocycles. The molecule has 8 heteroatoms. The summed E-state index contributed by atoms with van der Waals surface area (Å²) in [6.07, 6.45) is 1.80. The summed E-state index contributed by atoms with van der Waals surface area (Å²) in [4.78, 5) is 15.3. The SMILES string of the molecule is Cc1ccc(N2C(=O)/C(=C/c3cc(Br)c(OCc4ccccc4F)c(Br)c3)SC2=S)c(C)c1. The predicted molar refractivity (Wildman–Crippen MR) is 144 cm³/mol. The van der Waals surface area contributed by atoms with Crippen LogP contribution in [0.25, 0.3) is 6.08 Å². The molecule has 1 fully saturated rings. The fourth-order valence-corrected chi connectivity index (χ4v) is 6.18. The molecule has 0 atom stereocenters. The van der Waals surface area contributed by atoms with Crippen LogP contribution in [0.3, 0.4) is 0 Å². The van der Waals surface area contributed by atoms with E-state index in [9.17, 15) is 9.18 Å². The van der Waals surface area contributed by atoms with Crippen molar-refractivity contribution in [3.8, 4) is 5.75 Å². The summed E-state index contributed by atoms with van der Waals surface area (Å²) in [6, 6.07) is 16.1. The van der Waals surface area contributed by atoms with Gasteiger partial charge in [-0.25, -0.2) is 4.39 Å². The maximum Gasteiger partial charge on any atom is 0.270 e. The summed E-state index contributed by atoms with van der Waals surface area (Å²) >= 11 is 13.8. The van der Waals surface area contributed by atoms with Gasteiger partial charge in [0, 0.05) is 5.56 Å². The van der Waals surface area contributed by atoms with E-state index in [0.29, 0.717) is 29.5 Å². The van der Waals surface area contributed by atoms with Gasteiger partial charge in [0.15, 0.2) is 4.32 Å². The van der Waals surface area contributed by atoms with E-state index in [1.54, 1.807) is 29.2 Å². The molecule has 1 saturated heterocycles. The molecule has 3 aromatic carbocycles. The molecule has 1 amide bonds. The van der Waals surface area contributed by atoms with Crippen LogP contribution >= 0.6 is 55.8 Å². The Labute approximate surface area is 218 Å². The van der Waals surface area contributed by atoms with Crippen molar-refractivity contribution in [3.63, 3.8) is 0 Å². The van der Waals surface area contributed by atoms with Gasteiger partial charge in [-0.05, 0) is 87.2 Å². The molecule has 1 heterocycles. The van der Waals surface area contributed by atoms with Crippen molar-refractivity contribution in [2.45, 2.75) is 20.5 Å². The topological polar surface area (TPSA) is 29.5 Å². The van der Waals surface area contributed by atoms with E-state index < -0.39 is 0 Å². The summed E-state index contributed by atoms with van der Waals surface area (Å²) in [6.45, 7) is 4.08. The van der Waals surface area contributed by atoms with Crippen molar-refractivity contribution in [3.05, 3.63) is 96.5 Å². The number of aryl methyl sites for hydroxylation is 2. The minimum absolute atomic E-state index is 0.0950. The number of anilines is 1. The van der Waals surface area contributed by atoms with Crippen molar-refractivity contribution in [2.24, 2.45) is 0 Å². The van der Waals surface area contributed by atoms with Gasteiger partial charge >= 0.3 is 0 Å². The maximum atomic E-state index is 13.9. The fraction of sp³-hybridized carbons (Fsp3) is 0.120. The highest BCUT2D eigenvalue weighted by atomic mass is 79.9. The Hall–Kier alpha value is -2.00. The Morgan fingerprint density at radius 3 is 2.45 bits per heavy atom. The molecule has 0 saturated carbocycles. The zero-order valence-corrected chi connectivity index (χ0v) is 22.5. The van der Waals surface area contributed by atoms with Gasteiger partial charge in [0.2, 0.25) is 0 Å². The first-order valence-electron chi connectivity index (χ1n) is 9.95. The molecule has 3 nitrogen and oxygen atoms in total. The molecule has 1 aliphatic heterocycles. The summed E-state index contributed by atoms with van der Waals surface area (Å²) in [5, 5.41) is 0. The van der Waals surface area contributed by atoms with E-state index in [4.69, 9.17) is 17.0 Å². The largest absolute Gasteiger partial charge is 0.486 e. The normalized spacial score (nSPS) is 14.9. The number of nitrogens with zero attached hydrogens (tertiary/aromatic N) is 1. The molecule has 33 heavy (non-hydrogen) atoms. The quantitative estimate of drug-likeness (QED) is 0.218. The first-order valence-corrected chi connectivity index (χ1v) is 12.8. The van der Waals surface area contributed by atoms with Gasteiger partial charge in [0.05, 0.1) is 19.5 Å². The standard InChI is InChI=1S/C25H18Br2FNO2S2/c1-14-7-8-21(15(2)9-14)29-24(30)22(33-25(29)32)12-16-10-18(26)23(19(27)11-16)31-13-17-5-3-4-6-20(17)28/h3-12H,13H2,1-2H3/b22-12-. The third-order valence-electron chi connectivity index (χ3n) is 5.04. The Kier molecular flexibility index (Phi) is 7.38. The van der Waals surface area contributed by atoms with Crippen LogP contribution < -0.4 is 9.64 Å². The lowest BCUT2D eigenvalue weighted by Crippen LogP contribution is -2.28. The van der Waals surface area contributed by atoms with E-state index in [2.05, 4.69) is 31.9 Å². The number of amides is 1. The van der Waals surface area contributed by atoms with E-state index >= 15 is 0 Å². The Balaban J connectivity index is 1.57. The summed E-state index contributed by atoms with van der Waals surface area (Å²) < 4.78 is 21.6. The first kappa shape index (κ1) is 24.1. The van der Waals surface area contributed by atoms with Crippen LogP contribution in [0.15, 0.2) is 68.4 Å². The summed E-state index contributed by atoms with van der Waals surface area (Å²) in [7, 11) is 0. The van der Waals surface area contributed by atoms with Crippen LogP contribution in [0.4, 0.5) is 10.1 Å². The number of ether oxygens (including phenoxy) is 1. The van der Waals surface area contributed by atoms with Gasteiger partial charge in [-0.3, -0.25) is 9.69 Å². The van der Waals surface area contributed by atoms with E-state index in [0.717, 1.165) is 22.4 Å². The molecule has 4 rings (SSSR count). The smallest absolute Gasteiger partial charge is 0.270 e. The number of hydrogen-bond acceptors (Lipinski definition) is 4. The zero-order valence-electron chi connectivity index (χ0n) is 17.7. The van der Waals surface area contributed by atoms with Crippen LogP contribution in [0.2, 0.25) is 0 Å². The van der Waals surface area contributed by atoms with Crippen LogP contribution in [-0.4, -0.2) is 10.2 Å². The second kappa shape index (κ2) is 10.1. The molecule has 0 aromatic heterocycles. The van der Waals surface area contributed by atoms with Gasteiger partial charge in [0.1, 0.15) is 18.2 Å². The molecule has 3 aromatic rings. The molecule has 0 spiro atoms. The lowest BCUT2D eigenvalue weighted by atomic mass is 10.1. The van der Waals surface area contributed by atoms with Crippen molar-refractivity contribution in [1.82, 2.24) is 0 Å². The van der Waals surface area contributed by atoms with Gasteiger partial charge in [-0.1, -0.05) is 59.9 Å². The zero-order chi connectivity index (χ0) is 23.7. The van der Waals surface area contributed by atoms with Crippen molar-refractivity contribution in [2.75, 3.05) is 4.90 Å². The number of benzene rings is 3. The molecule has 0 bridgehead atoms. The van der Waals surface area contributed by atoms with Gasteiger partial charge in [-0.15, -0.1) is 0 Å². The van der Waals surface area contributed by atoms with Gasteiger partial charge in [-0.2, -0.15) is 0 Å². The summed E-state index contributed by atoms with van der Waals surface area (Å²) in [5.41, 5.74) is 4.19. The minimum atomic E-state index is -0.313. The van der Waals surface area contributed by atoms with Crippen LogP contribution in [0.5, 0.6) is 5.75 Å². The highest BCUT2D eigenvalue weighted by molar-refractivity contribution is 9.11. The second-order valence-electron chi connectivity index (χ2n) is 7.50.